The van der Waals surface area contributed by atoms with Crippen molar-refractivity contribution in [2.24, 2.45) is 5.73 Å². The number of nitrogens with zero attached hydrogens (tertiary/aromatic N) is 3. The van der Waals surface area contributed by atoms with E-state index in [4.69, 9.17) is 5.73 Å². The van der Waals surface area contributed by atoms with Gasteiger partial charge in [-0.15, -0.1) is 0 Å². The van der Waals surface area contributed by atoms with E-state index in [2.05, 4.69) is 9.55 Å². The van der Waals surface area contributed by atoms with Crippen LogP contribution in [0.3, 0.4) is 0 Å². The van der Waals surface area contributed by atoms with Crippen LogP contribution < -0.4 is 5.73 Å². The summed E-state index contributed by atoms with van der Waals surface area (Å²) in [5.74, 6) is -0.0651. The highest BCUT2D eigenvalue weighted by molar-refractivity contribution is 5.80. The number of aliphatic carboxylic acids is 1. The molecule has 0 spiro atoms. The molecular weight excluding hydrogens is 268 g/mol. The van der Waals surface area contributed by atoms with Crippen molar-refractivity contribution in [1.82, 2.24) is 14.5 Å². The molecule has 3 rings (SSSR count). The van der Waals surface area contributed by atoms with Crippen LogP contribution in [0.2, 0.25) is 0 Å². The molecule has 1 aliphatic heterocycles. The Bertz CT molecular complexity index is 640. The van der Waals surface area contributed by atoms with E-state index in [0.717, 1.165) is 18.9 Å². The number of carbonyl (C=O) groups is 1. The fraction of sp³-hybridized carbons (Fsp3) is 0.333. The molecule has 1 aromatic heterocycles. The molecule has 1 aliphatic rings. The molecule has 0 saturated heterocycles. The molecule has 21 heavy (non-hydrogen) atoms. The van der Waals surface area contributed by atoms with Crippen LogP contribution in [0.15, 0.2) is 42.7 Å². The van der Waals surface area contributed by atoms with Crippen molar-refractivity contribution in [3.8, 4) is 0 Å². The zero-order valence-corrected chi connectivity index (χ0v) is 11.6. The van der Waals surface area contributed by atoms with Crippen molar-refractivity contribution in [2.75, 3.05) is 13.1 Å². The topological polar surface area (TPSA) is 84.4 Å². The van der Waals surface area contributed by atoms with Gasteiger partial charge in [0.25, 0.3) is 0 Å². The predicted octanol–water partition coefficient (Wildman–Crippen LogP) is 0.638. The smallest absolute Gasteiger partial charge is 0.329 e. The highest BCUT2D eigenvalue weighted by Crippen LogP contribution is 2.22. The maximum Gasteiger partial charge on any atom is 0.329 e. The van der Waals surface area contributed by atoms with Crippen LogP contribution >= 0.6 is 0 Å². The molecule has 110 valence electrons. The number of nitrogens with two attached hydrogens (primary N) is 1. The van der Waals surface area contributed by atoms with Gasteiger partial charge < -0.3 is 15.4 Å². The van der Waals surface area contributed by atoms with E-state index in [1.165, 1.54) is 0 Å². The lowest BCUT2D eigenvalue weighted by atomic mass is 9.90. The Hall–Kier alpha value is -2.18. The van der Waals surface area contributed by atoms with Gasteiger partial charge >= 0.3 is 5.97 Å². The van der Waals surface area contributed by atoms with Crippen LogP contribution in [0.25, 0.3) is 0 Å². The summed E-state index contributed by atoms with van der Waals surface area (Å²) in [4.78, 5) is 18.1. The van der Waals surface area contributed by atoms with Crippen molar-refractivity contribution in [3.63, 3.8) is 0 Å². The average molecular weight is 286 g/mol. The number of carboxylic acid groups (broad SMARTS) is 1. The normalized spacial score (nSPS) is 18.0. The summed E-state index contributed by atoms with van der Waals surface area (Å²) in [5, 5.41) is 9.60. The van der Waals surface area contributed by atoms with Gasteiger partial charge in [0, 0.05) is 32.0 Å². The minimum Gasteiger partial charge on any atom is -0.480 e. The highest BCUT2D eigenvalue weighted by Gasteiger charge is 2.38. The zero-order valence-electron chi connectivity index (χ0n) is 11.6. The standard InChI is InChI=1S/C15H18N4O2/c16-15(14(20)21,12-4-2-1-3-5-12)11-18-8-9-19-7-6-17-13(19)10-18/h1-7H,8-11,16H2,(H,20,21). The van der Waals surface area contributed by atoms with E-state index >= 15 is 0 Å². The number of hydrogen-bond acceptors (Lipinski definition) is 4. The molecule has 0 aliphatic carbocycles. The Kier molecular flexibility index (Phi) is 3.48. The lowest BCUT2D eigenvalue weighted by Crippen LogP contribution is -2.54. The summed E-state index contributed by atoms with van der Waals surface area (Å²) >= 11 is 0. The Balaban J connectivity index is 1.82. The highest BCUT2D eigenvalue weighted by atomic mass is 16.4. The summed E-state index contributed by atoms with van der Waals surface area (Å²) in [5.41, 5.74) is 5.43. The number of hydrogen-bond donors (Lipinski definition) is 2. The summed E-state index contributed by atoms with van der Waals surface area (Å²) < 4.78 is 2.08. The molecule has 1 atom stereocenters. The number of fused-ring (bicyclic) bond motifs is 1. The first-order chi connectivity index (χ1) is 10.1. The van der Waals surface area contributed by atoms with E-state index in [1.54, 1.807) is 18.3 Å². The quantitative estimate of drug-likeness (QED) is 0.861. The number of benzene rings is 1. The van der Waals surface area contributed by atoms with Gasteiger partial charge in [-0.25, -0.2) is 9.78 Å². The van der Waals surface area contributed by atoms with E-state index in [0.29, 0.717) is 12.1 Å². The van der Waals surface area contributed by atoms with Gasteiger partial charge in [-0.3, -0.25) is 4.90 Å². The second kappa shape index (κ2) is 5.31. The van der Waals surface area contributed by atoms with Crippen molar-refractivity contribution in [3.05, 3.63) is 54.1 Å². The molecule has 6 heteroatoms. The SMILES string of the molecule is NC(CN1CCn2ccnc2C1)(C(=O)O)c1ccccc1. The molecule has 1 unspecified atom stereocenters. The molecule has 0 fully saturated rings. The first kappa shape index (κ1) is 13.8. The molecule has 6 nitrogen and oxygen atoms in total. The molecule has 3 N–H and O–H groups in total. The van der Waals surface area contributed by atoms with Crippen LogP contribution in [0, 0.1) is 0 Å². The largest absolute Gasteiger partial charge is 0.480 e. The minimum absolute atomic E-state index is 0.263. The zero-order chi connectivity index (χ0) is 14.9. The molecule has 0 saturated carbocycles. The molecule has 1 aromatic carbocycles. The second-order valence-corrected chi connectivity index (χ2v) is 5.39. The molecule has 0 radical (unpaired) electrons. The van der Waals surface area contributed by atoms with E-state index in [1.807, 2.05) is 29.3 Å². The van der Waals surface area contributed by atoms with E-state index in [9.17, 15) is 9.90 Å². The van der Waals surface area contributed by atoms with Crippen LogP contribution in [0.4, 0.5) is 0 Å². The van der Waals surface area contributed by atoms with Crippen LogP contribution in [0.1, 0.15) is 11.4 Å². The van der Waals surface area contributed by atoms with Gasteiger partial charge in [0.05, 0.1) is 6.54 Å². The Morgan fingerprint density at radius 1 is 1.33 bits per heavy atom. The third kappa shape index (κ3) is 2.55. The Morgan fingerprint density at radius 2 is 2.10 bits per heavy atom. The lowest BCUT2D eigenvalue weighted by Gasteiger charge is -2.34. The monoisotopic (exact) mass is 286 g/mol. The predicted molar refractivity (Wildman–Crippen MR) is 77.4 cm³/mol. The third-order valence-corrected chi connectivity index (χ3v) is 3.97. The summed E-state index contributed by atoms with van der Waals surface area (Å²) in [7, 11) is 0. The van der Waals surface area contributed by atoms with Gasteiger partial charge in [-0.1, -0.05) is 30.3 Å². The van der Waals surface area contributed by atoms with E-state index < -0.39 is 11.5 Å². The minimum atomic E-state index is -1.41. The van der Waals surface area contributed by atoms with Gasteiger partial charge in [0.15, 0.2) is 5.54 Å². The summed E-state index contributed by atoms with van der Waals surface area (Å²) in [6.45, 7) is 2.45. The average Bonchev–Trinajstić information content (AvgIpc) is 2.95. The first-order valence-corrected chi connectivity index (χ1v) is 6.90. The molecule has 2 heterocycles. The van der Waals surface area contributed by atoms with Crippen molar-refractivity contribution < 1.29 is 9.90 Å². The van der Waals surface area contributed by atoms with Gasteiger partial charge in [-0.2, -0.15) is 0 Å². The van der Waals surface area contributed by atoms with Crippen molar-refractivity contribution in [2.45, 2.75) is 18.6 Å². The van der Waals surface area contributed by atoms with Crippen LogP contribution in [-0.2, 0) is 23.4 Å². The maximum atomic E-state index is 11.7. The molecular formula is C15H18N4O2. The molecule has 0 bridgehead atoms. The molecule has 2 aromatic rings. The number of imidazole rings is 1. The maximum absolute atomic E-state index is 11.7. The Morgan fingerprint density at radius 3 is 2.81 bits per heavy atom. The van der Waals surface area contributed by atoms with Crippen LogP contribution in [0.5, 0.6) is 0 Å². The summed E-state index contributed by atoms with van der Waals surface area (Å²) in [6.07, 6.45) is 3.71. The van der Waals surface area contributed by atoms with Crippen LogP contribution in [-0.4, -0.2) is 38.6 Å². The second-order valence-electron chi connectivity index (χ2n) is 5.39. The number of aromatic nitrogens is 2. The van der Waals surface area contributed by atoms with Gasteiger partial charge in [0.2, 0.25) is 0 Å². The van der Waals surface area contributed by atoms with E-state index in [-0.39, 0.29) is 6.54 Å². The summed E-state index contributed by atoms with van der Waals surface area (Å²) in [6, 6.07) is 8.99. The van der Waals surface area contributed by atoms with Crippen molar-refractivity contribution >= 4 is 5.97 Å². The lowest BCUT2D eigenvalue weighted by molar-refractivity contribution is -0.144. The fourth-order valence-electron chi connectivity index (χ4n) is 2.73. The van der Waals surface area contributed by atoms with Gasteiger partial charge in [0.1, 0.15) is 5.82 Å². The van der Waals surface area contributed by atoms with Crippen molar-refractivity contribution in [1.29, 1.82) is 0 Å². The third-order valence-electron chi connectivity index (χ3n) is 3.97. The number of carboxylic acids is 1. The number of rotatable bonds is 4. The van der Waals surface area contributed by atoms with Gasteiger partial charge in [-0.05, 0) is 5.56 Å². The first-order valence-electron chi connectivity index (χ1n) is 6.90. The molecule has 0 amide bonds. The Labute approximate surface area is 122 Å². The fourth-order valence-corrected chi connectivity index (χ4v) is 2.73.